The van der Waals surface area contributed by atoms with E-state index in [-0.39, 0.29) is 23.0 Å². The molecule has 5 heteroatoms. The molecule has 0 bridgehead atoms. The number of carbonyl (C=O) groups is 1. The molecule has 3 N–H and O–H groups in total. The number of allylic oxidation sites excluding steroid dienone is 1. The molecular weight excluding hydrogens is 282 g/mol. The summed E-state index contributed by atoms with van der Waals surface area (Å²) in [5.74, 6) is -0.177. The summed E-state index contributed by atoms with van der Waals surface area (Å²) < 4.78 is 5.41. The van der Waals surface area contributed by atoms with E-state index in [1.54, 1.807) is 20.1 Å². The Balaban J connectivity index is 0. The second-order valence-corrected chi connectivity index (χ2v) is 5.73. The van der Waals surface area contributed by atoms with Crippen LogP contribution in [0.1, 0.15) is 59.8 Å². The fourth-order valence-electron chi connectivity index (χ4n) is 2.20. The summed E-state index contributed by atoms with van der Waals surface area (Å²) in [7, 11) is 1.71. The van der Waals surface area contributed by atoms with Crippen molar-refractivity contribution in [2.75, 3.05) is 7.11 Å². The molecule has 1 atom stereocenters. The van der Waals surface area contributed by atoms with Crippen LogP contribution in [0.25, 0.3) is 0 Å². The zero-order valence-corrected chi connectivity index (χ0v) is 14.5. The molecule has 0 aliphatic heterocycles. The van der Waals surface area contributed by atoms with Crippen molar-refractivity contribution in [2.24, 2.45) is 0 Å². The second-order valence-electron chi connectivity index (χ2n) is 5.73. The van der Waals surface area contributed by atoms with E-state index in [2.05, 4.69) is 26.8 Å². The number of aliphatic hydroxyl groups excluding tert-OH is 1. The van der Waals surface area contributed by atoms with E-state index in [0.29, 0.717) is 0 Å². The molecule has 0 spiro atoms. The molecule has 0 saturated heterocycles. The summed E-state index contributed by atoms with van der Waals surface area (Å²) in [6.07, 6.45) is 9.56. The van der Waals surface area contributed by atoms with Gasteiger partial charge in [-0.15, -0.1) is 0 Å². The first kappa shape index (κ1) is 22.8. The molecular formula is C17H31NO4. The van der Waals surface area contributed by atoms with Crippen molar-refractivity contribution in [2.45, 2.75) is 71.4 Å². The lowest BCUT2D eigenvalue weighted by molar-refractivity contribution is -0.125. The summed E-state index contributed by atoms with van der Waals surface area (Å²) in [6, 6.07) is 2.54. The third-order valence-electron chi connectivity index (χ3n) is 3.57. The number of carbonyl (C=O) groups excluding carboxylic acids is 1. The normalized spacial score (nSPS) is 12.2. The number of amides is 1. The van der Waals surface area contributed by atoms with Gasteiger partial charge in [0.1, 0.15) is 6.11 Å². The number of hydrogen-bond donors (Lipinski definition) is 1. The van der Waals surface area contributed by atoms with Crippen LogP contribution in [-0.4, -0.2) is 40.1 Å². The summed E-state index contributed by atoms with van der Waals surface area (Å²) >= 11 is 0. The minimum atomic E-state index is -0.177. The van der Waals surface area contributed by atoms with Crippen molar-refractivity contribution in [1.82, 2.24) is 4.90 Å². The fourth-order valence-corrected chi connectivity index (χ4v) is 2.20. The highest BCUT2D eigenvalue weighted by Gasteiger charge is 2.22. The maximum Gasteiger partial charge on any atom is 0.258 e. The first-order chi connectivity index (χ1) is 9.91. The molecule has 0 aromatic rings. The van der Waals surface area contributed by atoms with E-state index in [1.807, 2.05) is 6.11 Å². The van der Waals surface area contributed by atoms with Crippen LogP contribution in [0.3, 0.4) is 0 Å². The van der Waals surface area contributed by atoms with E-state index in [9.17, 15) is 4.79 Å². The van der Waals surface area contributed by atoms with Gasteiger partial charge in [0.15, 0.2) is 0 Å². The van der Waals surface area contributed by atoms with Crippen LogP contribution in [0.5, 0.6) is 0 Å². The maximum absolute atomic E-state index is 12.1. The largest absolute Gasteiger partial charge is 0.461 e. The fraction of sp³-hybridized carbons (Fsp3) is 0.706. The third kappa shape index (κ3) is 8.71. The van der Waals surface area contributed by atoms with Gasteiger partial charge in [0.2, 0.25) is 0 Å². The quantitative estimate of drug-likeness (QED) is 0.403. The minimum Gasteiger partial charge on any atom is -0.461 e. The molecule has 0 heterocycles. The van der Waals surface area contributed by atoms with Crippen LogP contribution in [0, 0.1) is 12.2 Å². The SMILES string of the molecule is C/C=C\C(=O)N(C#CO)C(CCC)CCCC(C)(C)OC.O. The van der Waals surface area contributed by atoms with Gasteiger partial charge in [0, 0.05) is 13.2 Å². The average Bonchev–Trinajstić information content (AvgIpc) is 2.44. The van der Waals surface area contributed by atoms with Crippen LogP contribution in [0.4, 0.5) is 0 Å². The van der Waals surface area contributed by atoms with Crippen molar-refractivity contribution < 1.29 is 20.1 Å². The number of ether oxygens (including phenoxy) is 1. The maximum atomic E-state index is 12.1. The smallest absolute Gasteiger partial charge is 0.258 e. The van der Waals surface area contributed by atoms with Crippen LogP contribution < -0.4 is 0 Å². The molecule has 0 aliphatic rings. The predicted octanol–water partition coefficient (Wildman–Crippen LogP) is 2.62. The van der Waals surface area contributed by atoms with Crippen molar-refractivity contribution in [1.29, 1.82) is 0 Å². The zero-order chi connectivity index (χ0) is 16.3. The van der Waals surface area contributed by atoms with Gasteiger partial charge >= 0.3 is 0 Å². The van der Waals surface area contributed by atoms with Gasteiger partial charge in [0.05, 0.1) is 11.6 Å². The Bertz CT molecular complexity index is 393. The van der Waals surface area contributed by atoms with Gasteiger partial charge in [-0.3, -0.25) is 9.69 Å². The molecule has 1 amide bonds. The molecule has 0 fully saturated rings. The van der Waals surface area contributed by atoms with Crippen molar-refractivity contribution in [3.8, 4) is 12.2 Å². The van der Waals surface area contributed by atoms with E-state index >= 15 is 0 Å². The Morgan fingerprint density at radius 2 is 2.05 bits per heavy atom. The summed E-state index contributed by atoms with van der Waals surface area (Å²) in [5, 5.41) is 8.86. The Labute approximate surface area is 134 Å². The molecule has 22 heavy (non-hydrogen) atoms. The Hall–Kier alpha value is -1.51. The van der Waals surface area contributed by atoms with Gasteiger partial charge in [-0.05, 0) is 52.5 Å². The van der Waals surface area contributed by atoms with Gasteiger partial charge in [0.25, 0.3) is 5.91 Å². The van der Waals surface area contributed by atoms with Gasteiger partial charge in [-0.1, -0.05) is 19.4 Å². The lowest BCUT2D eigenvalue weighted by Crippen LogP contribution is -2.36. The van der Waals surface area contributed by atoms with E-state index < -0.39 is 0 Å². The van der Waals surface area contributed by atoms with Crippen LogP contribution >= 0.6 is 0 Å². The topological polar surface area (TPSA) is 81.3 Å². The molecule has 128 valence electrons. The van der Waals surface area contributed by atoms with Crippen molar-refractivity contribution >= 4 is 5.91 Å². The molecule has 0 aromatic carbocycles. The number of methoxy groups -OCH3 is 1. The monoisotopic (exact) mass is 313 g/mol. The zero-order valence-electron chi connectivity index (χ0n) is 14.5. The summed E-state index contributed by atoms with van der Waals surface area (Å²) in [6.45, 7) is 7.98. The number of hydrogen-bond acceptors (Lipinski definition) is 3. The third-order valence-corrected chi connectivity index (χ3v) is 3.57. The molecule has 0 radical (unpaired) electrons. The highest BCUT2D eigenvalue weighted by molar-refractivity contribution is 5.89. The summed E-state index contributed by atoms with van der Waals surface area (Å²) in [5.41, 5.74) is -0.155. The lowest BCUT2D eigenvalue weighted by Gasteiger charge is -2.28. The van der Waals surface area contributed by atoms with E-state index in [4.69, 9.17) is 9.84 Å². The molecule has 0 aromatic heterocycles. The van der Waals surface area contributed by atoms with Crippen LogP contribution in [0.2, 0.25) is 0 Å². The average molecular weight is 313 g/mol. The van der Waals surface area contributed by atoms with E-state index in [1.165, 1.54) is 11.0 Å². The first-order valence-corrected chi connectivity index (χ1v) is 7.57. The molecule has 0 rings (SSSR count). The standard InChI is InChI=1S/C17H29NO3.H2O/c1-6-9-15(11-8-12-17(3,4)21-5)18(13-14-19)16(20)10-7-2;/h7,10,15,19H,6,8-9,11-12H2,1-5H3;1H2/b10-7-;. The lowest BCUT2D eigenvalue weighted by atomic mass is 9.96. The number of aliphatic hydroxyl groups is 1. The van der Waals surface area contributed by atoms with Crippen LogP contribution in [0.15, 0.2) is 12.2 Å². The molecule has 0 aliphatic carbocycles. The minimum absolute atomic E-state index is 0. The van der Waals surface area contributed by atoms with Gasteiger partial charge in [-0.2, -0.15) is 0 Å². The highest BCUT2D eigenvalue weighted by Crippen LogP contribution is 2.21. The number of nitrogens with zero attached hydrogens (tertiary/aromatic N) is 1. The van der Waals surface area contributed by atoms with Crippen LogP contribution in [-0.2, 0) is 9.53 Å². The Morgan fingerprint density at radius 1 is 1.41 bits per heavy atom. The predicted molar refractivity (Wildman–Crippen MR) is 88.6 cm³/mol. The molecule has 0 saturated carbocycles. The first-order valence-electron chi connectivity index (χ1n) is 7.57. The van der Waals surface area contributed by atoms with Crippen molar-refractivity contribution in [3.05, 3.63) is 12.2 Å². The van der Waals surface area contributed by atoms with E-state index in [0.717, 1.165) is 32.1 Å². The highest BCUT2D eigenvalue weighted by atomic mass is 16.5. The van der Waals surface area contributed by atoms with Crippen molar-refractivity contribution in [3.63, 3.8) is 0 Å². The van der Waals surface area contributed by atoms with Gasteiger partial charge < -0.3 is 15.3 Å². The Morgan fingerprint density at radius 3 is 2.50 bits per heavy atom. The number of rotatable bonds is 9. The Kier molecular flexibility index (Phi) is 12.5. The van der Waals surface area contributed by atoms with Gasteiger partial charge in [-0.25, -0.2) is 0 Å². The second kappa shape index (κ2) is 12.1. The summed E-state index contributed by atoms with van der Waals surface area (Å²) in [4.78, 5) is 13.5. The molecule has 1 unspecified atom stereocenters. The molecule has 5 nitrogen and oxygen atoms in total.